The molecule has 0 unspecified atom stereocenters. The minimum atomic E-state index is -4.52. The maximum Gasteiger partial charge on any atom is 0.417 e. The van der Waals surface area contributed by atoms with Crippen molar-refractivity contribution in [2.24, 2.45) is 0 Å². The van der Waals surface area contributed by atoms with Gasteiger partial charge in [-0.25, -0.2) is 4.98 Å². The number of halogens is 3. The zero-order valence-electron chi connectivity index (χ0n) is 10.5. The number of rotatable bonds is 3. The normalized spacial score (nSPS) is 11.2. The van der Waals surface area contributed by atoms with Gasteiger partial charge in [-0.3, -0.25) is 0 Å². The molecule has 1 heterocycles. The number of nitrogens with one attached hydrogen (secondary N) is 1. The fourth-order valence-corrected chi connectivity index (χ4v) is 2.38. The molecule has 0 fully saturated rings. The molecule has 1 aromatic carbocycles. The van der Waals surface area contributed by atoms with Crippen molar-refractivity contribution in [1.82, 2.24) is 4.98 Å². The molecule has 0 saturated heterocycles. The number of anilines is 1. The van der Waals surface area contributed by atoms with E-state index in [2.05, 4.69) is 10.3 Å². The van der Waals surface area contributed by atoms with Gasteiger partial charge >= 0.3 is 6.18 Å². The van der Waals surface area contributed by atoms with Crippen LogP contribution in [0.25, 0.3) is 0 Å². The summed E-state index contributed by atoms with van der Waals surface area (Å²) in [5, 5.41) is 12.6. The first-order valence-electron chi connectivity index (χ1n) is 5.66. The lowest BCUT2D eigenvalue weighted by atomic mass is 10.1. The molecule has 0 spiro atoms. The van der Waals surface area contributed by atoms with Gasteiger partial charge in [0, 0.05) is 16.8 Å². The van der Waals surface area contributed by atoms with Crippen LogP contribution in [0, 0.1) is 18.3 Å². The molecule has 1 N–H and O–H groups in total. The van der Waals surface area contributed by atoms with Crippen molar-refractivity contribution >= 4 is 17.0 Å². The average Bonchev–Trinajstić information content (AvgIpc) is 2.80. The topological polar surface area (TPSA) is 48.7 Å². The van der Waals surface area contributed by atoms with E-state index in [4.69, 9.17) is 5.26 Å². The first-order valence-corrected chi connectivity index (χ1v) is 6.48. The largest absolute Gasteiger partial charge is 0.417 e. The smallest absolute Gasteiger partial charge is 0.378 e. The highest BCUT2D eigenvalue weighted by atomic mass is 32.1. The Labute approximate surface area is 117 Å². The quantitative estimate of drug-likeness (QED) is 0.933. The van der Waals surface area contributed by atoms with Gasteiger partial charge in [0.2, 0.25) is 0 Å². The number of aromatic nitrogens is 1. The molecule has 2 rings (SSSR count). The van der Waals surface area contributed by atoms with Crippen molar-refractivity contribution in [3.63, 3.8) is 0 Å². The summed E-state index contributed by atoms with van der Waals surface area (Å²) in [6.07, 6.45) is -2.79. The fourth-order valence-electron chi connectivity index (χ4n) is 1.65. The van der Waals surface area contributed by atoms with E-state index < -0.39 is 17.3 Å². The molecule has 1 aromatic heterocycles. The number of benzene rings is 1. The molecule has 0 saturated carbocycles. The van der Waals surface area contributed by atoms with Crippen LogP contribution in [0.2, 0.25) is 0 Å². The van der Waals surface area contributed by atoms with E-state index in [9.17, 15) is 13.2 Å². The van der Waals surface area contributed by atoms with Gasteiger partial charge in [0.1, 0.15) is 5.01 Å². The highest BCUT2D eigenvalue weighted by molar-refractivity contribution is 7.11. The molecule has 0 bridgehead atoms. The third kappa shape index (κ3) is 3.27. The van der Waals surface area contributed by atoms with Gasteiger partial charge < -0.3 is 5.32 Å². The Morgan fingerprint density at radius 2 is 2.15 bits per heavy atom. The fraction of sp³-hybridized carbons (Fsp3) is 0.231. The summed E-state index contributed by atoms with van der Waals surface area (Å²) in [6, 6.07) is 4.99. The zero-order valence-corrected chi connectivity index (χ0v) is 11.3. The van der Waals surface area contributed by atoms with Gasteiger partial charge in [-0.2, -0.15) is 18.4 Å². The van der Waals surface area contributed by atoms with Crippen LogP contribution in [0.1, 0.15) is 21.0 Å². The highest BCUT2D eigenvalue weighted by Crippen LogP contribution is 2.33. The van der Waals surface area contributed by atoms with E-state index in [1.807, 2.05) is 6.92 Å². The Kier molecular flexibility index (Phi) is 3.95. The molecule has 2 aromatic rings. The van der Waals surface area contributed by atoms with Crippen molar-refractivity contribution in [1.29, 1.82) is 5.26 Å². The van der Waals surface area contributed by atoms with Crippen molar-refractivity contribution in [3.8, 4) is 6.07 Å². The second-order valence-corrected chi connectivity index (χ2v) is 5.41. The average molecular weight is 297 g/mol. The lowest BCUT2D eigenvalue weighted by Crippen LogP contribution is -2.08. The van der Waals surface area contributed by atoms with Gasteiger partial charge in [0.15, 0.2) is 0 Å². The summed E-state index contributed by atoms with van der Waals surface area (Å²) < 4.78 is 37.9. The monoisotopic (exact) mass is 297 g/mol. The van der Waals surface area contributed by atoms with Crippen LogP contribution in [0.3, 0.4) is 0 Å². The second-order valence-electron chi connectivity index (χ2n) is 4.09. The Hall–Kier alpha value is -2.07. The third-order valence-corrected chi connectivity index (χ3v) is 3.47. The first kappa shape index (κ1) is 14.3. The van der Waals surface area contributed by atoms with Gasteiger partial charge in [-0.1, -0.05) is 0 Å². The number of nitrogens with zero attached hydrogens (tertiary/aromatic N) is 2. The van der Waals surface area contributed by atoms with Crippen molar-refractivity contribution in [2.75, 3.05) is 5.32 Å². The summed E-state index contributed by atoms with van der Waals surface area (Å²) in [6.45, 7) is 2.34. The van der Waals surface area contributed by atoms with Crippen molar-refractivity contribution < 1.29 is 13.2 Å². The van der Waals surface area contributed by atoms with E-state index in [0.29, 0.717) is 12.2 Å². The van der Waals surface area contributed by atoms with E-state index in [1.165, 1.54) is 23.5 Å². The summed E-state index contributed by atoms with van der Waals surface area (Å²) in [4.78, 5) is 5.20. The van der Waals surface area contributed by atoms with Crippen LogP contribution < -0.4 is 5.32 Å². The Morgan fingerprint density at radius 3 is 2.70 bits per heavy atom. The van der Waals surface area contributed by atoms with E-state index in [1.54, 1.807) is 12.3 Å². The maximum absolute atomic E-state index is 12.6. The van der Waals surface area contributed by atoms with Crippen molar-refractivity contribution in [3.05, 3.63) is 45.4 Å². The summed E-state index contributed by atoms with van der Waals surface area (Å²) in [5.74, 6) is 0. The molecular formula is C13H10F3N3S. The van der Waals surface area contributed by atoms with Gasteiger partial charge in [-0.05, 0) is 25.1 Å². The number of alkyl halides is 3. The van der Waals surface area contributed by atoms with Gasteiger partial charge in [0.25, 0.3) is 0 Å². The van der Waals surface area contributed by atoms with Gasteiger partial charge in [0.05, 0.1) is 23.7 Å². The summed E-state index contributed by atoms with van der Waals surface area (Å²) in [7, 11) is 0. The van der Waals surface area contributed by atoms with Crippen LogP contribution in [0.15, 0.2) is 24.4 Å². The van der Waals surface area contributed by atoms with Crippen LogP contribution in [-0.4, -0.2) is 4.98 Å². The highest BCUT2D eigenvalue weighted by Gasteiger charge is 2.33. The molecule has 0 aliphatic rings. The first-order chi connectivity index (χ1) is 9.40. The molecule has 3 nitrogen and oxygen atoms in total. The number of thiazole rings is 1. The maximum atomic E-state index is 12.6. The Morgan fingerprint density at radius 1 is 1.40 bits per heavy atom. The lowest BCUT2D eigenvalue weighted by Gasteiger charge is -2.11. The number of hydrogen-bond donors (Lipinski definition) is 1. The predicted octanol–water partition coefficient (Wildman–Crippen LogP) is 3.95. The molecule has 0 amide bonds. The van der Waals surface area contributed by atoms with Crippen LogP contribution in [-0.2, 0) is 12.7 Å². The standard InChI is InChI=1S/C13H10F3N3S/c1-8-6-19-12(20-8)7-18-10-2-3-11(13(14,15)16)9(4-10)5-17/h2-4,6,18H,7H2,1H3. The molecule has 0 radical (unpaired) electrons. The molecule has 7 heteroatoms. The molecule has 0 aliphatic carbocycles. The molecule has 104 valence electrons. The minimum absolute atomic E-state index is 0.391. The summed E-state index contributed by atoms with van der Waals surface area (Å²) in [5.41, 5.74) is -0.851. The molecule has 0 aliphatic heterocycles. The molecular weight excluding hydrogens is 287 g/mol. The zero-order chi connectivity index (χ0) is 14.8. The lowest BCUT2D eigenvalue weighted by molar-refractivity contribution is -0.137. The summed E-state index contributed by atoms with van der Waals surface area (Å²) >= 11 is 1.51. The number of hydrogen-bond acceptors (Lipinski definition) is 4. The number of nitriles is 1. The minimum Gasteiger partial charge on any atom is -0.378 e. The van der Waals surface area contributed by atoms with E-state index >= 15 is 0 Å². The predicted molar refractivity (Wildman–Crippen MR) is 70.3 cm³/mol. The van der Waals surface area contributed by atoms with E-state index in [-0.39, 0.29) is 0 Å². The Bertz CT molecular complexity index is 656. The van der Waals surface area contributed by atoms with Gasteiger partial charge in [-0.15, -0.1) is 11.3 Å². The molecule has 20 heavy (non-hydrogen) atoms. The van der Waals surface area contributed by atoms with E-state index in [0.717, 1.165) is 16.0 Å². The third-order valence-electron chi connectivity index (χ3n) is 2.56. The van der Waals surface area contributed by atoms with Crippen molar-refractivity contribution in [2.45, 2.75) is 19.6 Å². The SMILES string of the molecule is Cc1cnc(CNc2ccc(C(F)(F)F)c(C#N)c2)s1. The van der Waals surface area contributed by atoms with Crippen LogP contribution >= 0.6 is 11.3 Å². The van der Waals surface area contributed by atoms with Crippen LogP contribution in [0.5, 0.6) is 0 Å². The number of aryl methyl sites for hydroxylation is 1. The Balaban J connectivity index is 2.16. The second kappa shape index (κ2) is 5.51. The molecule has 0 atom stereocenters. The van der Waals surface area contributed by atoms with Crippen LogP contribution in [0.4, 0.5) is 18.9 Å².